The summed E-state index contributed by atoms with van der Waals surface area (Å²) in [5.74, 6) is 1.18. The Labute approximate surface area is 232 Å². The number of piperidine rings is 1. The zero-order chi connectivity index (χ0) is 26.5. The minimum Gasteiger partial charge on any atom is -0.381 e. The summed E-state index contributed by atoms with van der Waals surface area (Å²) in [5, 5.41) is 3.80. The van der Waals surface area contributed by atoms with Crippen molar-refractivity contribution in [3.8, 4) is 11.3 Å². The van der Waals surface area contributed by atoms with Gasteiger partial charge in [-0.3, -0.25) is 9.59 Å². The SMILES string of the molecule is O=C(CN1Cc2ccc(-c3nc(NC4CCOCC4)ncc3Cl)cc2C1=O)N1CC2CC(C1)c1ccccc12. The van der Waals surface area contributed by atoms with E-state index >= 15 is 0 Å². The summed E-state index contributed by atoms with van der Waals surface area (Å²) in [6.07, 6.45) is 4.50. The predicted molar refractivity (Wildman–Crippen MR) is 148 cm³/mol. The molecular formula is C30H30ClN5O3. The Morgan fingerprint density at radius 3 is 2.56 bits per heavy atom. The molecule has 7 rings (SSSR count). The van der Waals surface area contributed by atoms with Crippen LogP contribution in [0.25, 0.3) is 11.3 Å². The molecule has 8 nitrogen and oxygen atoms in total. The van der Waals surface area contributed by atoms with Gasteiger partial charge >= 0.3 is 0 Å². The predicted octanol–water partition coefficient (Wildman–Crippen LogP) is 4.46. The number of benzene rings is 2. The topological polar surface area (TPSA) is 87.7 Å². The summed E-state index contributed by atoms with van der Waals surface area (Å²) < 4.78 is 5.43. The molecule has 2 unspecified atom stereocenters. The van der Waals surface area contributed by atoms with Crippen LogP contribution in [0.4, 0.5) is 5.95 Å². The number of ether oxygens (including phenoxy) is 1. The van der Waals surface area contributed by atoms with Gasteiger partial charge in [0.15, 0.2) is 0 Å². The van der Waals surface area contributed by atoms with Crippen LogP contribution in [0.15, 0.2) is 48.7 Å². The van der Waals surface area contributed by atoms with Crippen molar-refractivity contribution in [3.63, 3.8) is 0 Å². The second kappa shape index (κ2) is 9.92. The van der Waals surface area contributed by atoms with Gasteiger partial charge in [0.2, 0.25) is 11.9 Å². The third kappa shape index (κ3) is 4.55. The van der Waals surface area contributed by atoms with E-state index in [0.717, 1.165) is 56.7 Å². The fourth-order valence-corrected chi connectivity index (χ4v) is 6.77. The minimum atomic E-state index is -0.130. The lowest BCUT2D eigenvalue weighted by Crippen LogP contribution is -2.45. The van der Waals surface area contributed by atoms with Crippen molar-refractivity contribution in [2.24, 2.45) is 0 Å². The molecule has 2 fully saturated rings. The fourth-order valence-electron chi connectivity index (χ4n) is 6.57. The van der Waals surface area contributed by atoms with Gasteiger partial charge in [0.1, 0.15) is 6.54 Å². The van der Waals surface area contributed by atoms with E-state index < -0.39 is 0 Å². The van der Waals surface area contributed by atoms with Crippen molar-refractivity contribution >= 4 is 29.4 Å². The molecule has 2 amide bonds. The van der Waals surface area contributed by atoms with E-state index in [4.69, 9.17) is 16.3 Å². The lowest BCUT2D eigenvalue weighted by Gasteiger charge is -2.33. The number of aromatic nitrogens is 2. The first-order valence-corrected chi connectivity index (χ1v) is 14.1. The maximum Gasteiger partial charge on any atom is 0.254 e. The van der Waals surface area contributed by atoms with Gasteiger partial charge in [-0.2, -0.15) is 0 Å². The summed E-state index contributed by atoms with van der Waals surface area (Å²) in [5.41, 5.74) is 5.60. The van der Waals surface area contributed by atoms with Crippen LogP contribution in [0.1, 0.15) is 58.1 Å². The number of hydrogen-bond donors (Lipinski definition) is 1. The molecule has 0 saturated carbocycles. The highest BCUT2D eigenvalue weighted by Gasteiger charge is 2.40. The number of hydrogen-bond acceptors (Lipinski definition) is 6. The third-order valence-corrected chi connectivity index (χ3v) is 8.84. The average Bonchev–Trinajstić information content (AvgIpc) is 3.41. The van der Waals surface area contributed by atoms with Gasteiger partial charge < -0.3 is 19.9 Å². The summed E-state index contributed by atoms with van der Waals surface area (Å²) in [6.45, 7) is 3.40. The van der Waals surface area contributed by atoms with Crippen molar-refractivity contribution in [2.75, 3.05) is 38.2 Å². The van der Waals surface area contributed by atoms with E-state index in [2.05, 4.69) is 39.6 Å². The number of carbonyl (C=O) groups is 2. The Morgan fingerprint density at radius 2 is 1.82 bits per heavy atom. The highest BCUT2D eigenvalue weighted by Crippen LogP contribution is 2.45. The summed E-state index contributed by atoms with van der Waals surface area (Å²) in [6, 6.07) is 14.5. The van der Waals surface area contributed by atoms with Crippen LogP contribution in [0.3, 0.4) is 0 Å². The second-order valence-corrected chi connectivity index (χ2v) is 11.4. The van der Waals surface area contributed by atoms with E-state index in [9.17, 15) is 9.59 Å². The fraction of sp³-hybridized carbons (Fsp3) is 0.400. The van der Waals surface area contributed by atoms with Crippen molar-refractivity contribution in [1.29, 1.82) is 0 Å². The smallest absolute Gasteiger partial charge is 0.254 e. The van der Waals surface area contributed by atoms with Crippen molar-refractivity contribution in [3.05, 3.63) is 75.9 Å². The summed E-state index contributed by atoms with van der Waals surface area (Å²) in [4.78, 5) is 39.4. The Bertz CT molecular complexity index is 1430. The Kier molecular flexibility index (Phi) is 6.24. The Balaban J connectivity index is 1.05. The molecule has 1 aromatic heterocycles. The molecule has 9 heteroatoms. The van der Waals surface area contributed by atoms with E-state index in [1.165, 1.54) is 11.1 Å². The lowest BCUT2D eigenvalue weighted by molar-refractivity contribution is -0.133. The average molecular weight is 544 g/mol. The number of rotatable bonds is 5. The molecule has 2 aromatic carbocycles. The number of carbonyl (C=O) groups excluding carboxylic acids is 2. The van der Waals surface area contributed by atoms with Crippen molar-refractivity contribution < 1.29 is 14.3 Å². The van der Waals surface area contributed by atoms with Crippen LogP contribution >= 0.6 is 11.6 Å². The van der Waals surface area contributed by atoms with Gasteiger partial charge in [-0.15, -0.1) is 0 Å². The number of fused-ring (bicyclic) bond motifs is 6. The second-order valence-electron chi connectivity index (χ2n) is 11.0. The quantitative estimate of drug-likeness (QED) is 0.511. The molecule has 0 spiro atoms. The highest BCUT2D eigenvalue weighted by atomic mass is 35.5. The largest absolute Gasteiger partial charge is 0.381 e. The van der Waals surface area contributed by atoms with Gasteiger partial charge in [-0.1, -0.05) is 48.0 Å². The number of amides is 2. The molecule has 2 atom stereocenters. The van der Waals surface area contributed by atoms with Gasteiger partial charge in [-0.05, 0) is 42.0 Å². The number of anilines is 1. The molecule has 2 bridgehead atoms. The first-order chi connectivity index (χ1) is 19.0. The first kappa shape index (κ1) is 24.5. The Morgan fingerprint density at radius 1 is 1.08 bits per heavy atom. The maximum absolute atomic E-state index is 13.4. The zero-order valence-electron chi connectivity index (χ0n) is 21.6. The molecule has 3 aliphatic heterocycles. The number of likely N-dealkylation sites (tertiary alicyclic amines) is 1. The Hall–Kier alpha value is -3.49. The number of halogens is 1. The van der Waals surface area contributed by atoms with Crippen molar-refractivity contribution in [1.82, 2.24) is 19.8 Å². The van der Waals surface area contributed by atoms with Crippen molar-refractivity contribution in [2.45, 2.75) is 43.7 Å². The lowest BCUT2D eigenvalue weighted by atomic mass is 9.96. The summed E-state index contributed by atoms with van der Waals surface area (Å²) >= 11 is 6.49. The van der Waals surface area contributed by atoms with Crippen LogP contribution in [0.2, 0.25) is 5.02 Å². The van der Waals surface area contributed by atoms with Crippen LogP contribution in [-0.4, -0.2) is 70.5 Å². The van der Waals surface area contributed by atoms with Crippen LogP contribution in [0.5, 0.6) is 0 Å². The molecule has 0 radical (unpaired) electrons. The summed E-state index contributed by atoms with van der Waals surface area (Å²) in [7, 11) is 0. The highest BCUT2D eigenvalue weighted by molar-refractivity contribution is 6.33. The van der Waals surface area contributed by atoms with Crippen LogP contribution in [0, 0.1) is 0 Å². The third-order valence-electron chi connectivity index (χ3n) is 8.57. The van der Waals surface area contributed by atoms with Gasteiger partial charge in [0, 0.05) is 61.9 Å². The molecule has 4 aliphatic rings. The normalized spacial score (nSPS) is 22.1. The molecular weight excluding hydrogens is 514 g/mol. The maximum atomic E-state index is 13.4. The van der Waals surface area contributed by atoms with E-state index in [1.54, 1.807) is 11.1 Å². The first-order valence-electron chi connectivity index (χ1n) is 13.7. The van der Waals surface area contributed by atoms with E-state index in [-0.39, 0.29) is 24.4 Å². The minimum absolute atomic E-state index is 0.0153. The van der Waals surface area contributed by atoms with Crippen LogP contribution in [-0.2, 0) is 16.1 Å². The molecule has 39 heavy (non-hydrogen) atoms. The van der Waals surface area contributed by atoms with Gasteiger partial charge in [0.05, 0.1) is 16.9 Å². The molecule has 3 aromatic rings. The van der Waals surface area contributed by atoms with Gasteiger partial charge in [-0.25, -0.2) is 9.97 Å². The van der Waals surface area contributed by atoms with Gasteiger partial charge in [0.25, 0.3) is 5.91 Å². The molecule has 1 N–H and O–H groups in total. The van der Waals surface area contributed by atoms with Crippen LogP contribution < -0.4 is 5.32 Å². The van der Waals surface area contributed by atoms with E-state index in [0.29, 0.717) is 40.6 Å². The standard InChI is InChI=1S/C30H30ClN5O3/c31-26-13-32-30(33-22-7-9-39-10-8-22)34-28(26)18-5-6-19-14-36(29(38)25(19)12-18)17-27(37)35-15-20-11-21(16-35)24-4-2-1-3-23(20)24/h1-6,12-13,20-22H,7-11,14-17H2,(H,32,33,34). The zero-order valence-corrected chi connectivity index (χ0v) is 22.4. The number of nitrogens with one attached hydrogen (secondary N) is 1. The molecule has 2 saturated heterocycles. The van der Waals surface area contributed by atoms with E-state index in [1.807, 2.05) is 23.1 Å². The monoisotopic (exact) mass is 543 g/mol. The number of nitrogens with zero attached hydrogens (tertiary/aromatic N) is 4. The molecule has 4 heterocycles. The molecule has 1 aliphatic carbocycles. The molecule has 200 valence electrons.